The number of likely N-dealkylation sites (N-methyl/N-ethyl adjacent to an activating group) is 1. The van der Waals surface area contributed by atoms with Crippen LogP contribution in [0.5, 0.6) is 0 Å². The molecule has 516 valence electrons. The molecule has 0 aromatic carbocycles. The molecule has 0 rings (SSSR count). The molecule has 0 saturated carbocycles. The quantitative estimate of drug-likeness (QED) is 0.0243. The summed E-state index contributed by atoms with van der Waals surface area (Å²) in [7, 11) is 1.58. The minimum absolute atomic E-state index is 0.0595. The highest BCUT2D eigenvalue weighted by atomic mass is 31.2. The van der Waals surface area contributed by atoms with E-state index in [1.165, 1.54) is 231 Å². The Balaban J connectivity index is 4.02. The predicted molar refractivity (Wildman–Crippen MR) is 392 cm³/mol. The third-order valence-electron chi connectivity index (χ3n) is 16.7. The van der Waals surface area contributed by atoms with E-state index in [9.17, 15) is 19.4 Å². The third-order valence-corrected chi connectivity index (χ3v) is 17.7. The molecular formula is C80H146N2O6P+. The Morgan fingerprint density at radius 1 is 0.393 bits per heavy atom. The summed E-state index contributed by atoms with van der Waals surface area (Å²) in [6, 6.07) is -0.853. The summed E-state index contributed by atoms with van der Waals surface area (Å²) in [6.45, 7) is 4.74. The zero-order valence-electron chi connectivity index (χ0n) is 59.2. The molecule has 0 aromatic heterocycles. The number of rotatable bonds is 69. The van der Waals surface area contributed by atoms with Gasteiger partial charge in [-0.15, -0.1) is 0 Å². The molecule has 0 fully saturated rings. The maximum atomic E-state index is 13.1. The van der Waals surface area contributed by atoms with Gasteiger partial charge in [0, 0.05) is 6.42 Å². The maximum Gasteiger partial charge on any atom is 0.472 e. The lowest BCUT2D eigenvalue weighted by molar-refractivity contribution is -0.870. The van der Waals surface area contributed by atoms with Crippen molar-refractivity contribution in [2.45, 2.75) is 353 Å². The van der Waals surface area contributed by atoms with Gasteiger partial charge in [0.2, 0.25) is 5.91 Å². The van der Waals surface area contributed by atoms with Crippen molar-refractivity contribution in [3.8, 4) is 0 Å². The number of amides is 1. The van der Waals surface area contributed by atoms with Gasteiger partial charge in [-0.1, -0.05) is 361 Å². The number of hydrogen-bond donors (Lipinski definition) is 3. The fraction of sp³-hybridized carbons (Fsp3) is 0.762. The average Bonchev–Trinajstić information content (AvgIpc) is 3.61. The number of nitrogens with one attached hydrogen (secondary N) is 1. The normalized spacial score (nSPS) is 14.2. The van der Waals surface area contributed by atoms with Gasteiger partial charge in [0.15, 0.2) is 0 Å². The largest absolute Gasteiger partial charge is 0.472 e. The molecule has 0 bridgehead atoms. The molecule has 3 N–H and O–H groups in total. The summed E-state index contributed by atoms with van der Waals surface area (Å²) in [4.78, 5) is 23.5. The number of unbranched alkanes of at least 4 members (excludes halogenated alkanes) is 40. The third kappa shape index (κ3) is 72.4. The minimum Gasteiger partial charge on any atom is -0.387 e. The van der Waals surface area contributed by atoms with Crippen LogP contribution < -0.4 is 5.32 Å². The fourth-order valence-corrected chi connectivity index (χ4v) is 11.7. The SMILES string of the molecule is CC/C=C\C/C=C\C/C=C\C/C=C\C/C=C\C/C=C\C/C=C\C/C=C\CCCCCCCCCCCCCCCCCCC(=O)NC(COP(=O)(O)OCC[N+](C)(C)C)C(O)/C=C/CCCCCCCCCCCCCCCCCCCCCCCCCC. The lowest BCUT2D eigenvalue weighted by atomic mass is 10.0. The second-order valence-electron chi connectivity index (χ2n) is 26.6. The van der Waals surface area contributed by atoms with Crippen LogP contribution in [0.4, 0.5) is 0 Å². The number of carbonyl (C=O) groups excluding carboxylic acids is 1. The van der Waals surface area contributed by atoms with Crippen LogP contribution in [-0.2, 0) is 18.4 Å². The van der Waals surface area contributed by atoms with Crippen molar-refractivity contribution < 1.29 is 32.9 Å². The van der Waals surface area contributed by atoms with Crippen LogP contribution >= 0.6 is 7.82 Å². The highest BCUT2D eigenvalue weighted by molar-refractivity contribution is 7.47. The number of aliphatic hydroxyl groups excluding tert-OH is 1. The van der Waals surface area contributed by atoms with Gasteiger partial charge in [-0.3, -0.25) is 13.8 Å². The van der Waals surface area contributed by atoms with Crippen LogP contribution in [0, 0.1) is 0 Å². The minimum atomic E-state index is -4.36. The van der Waals surface area contributed by atoms with Crippen molar-refractivity contribution in [2.75, 3.05) is 40.9 Å². The highest BCUT2D eigenvalue weighted by Crippen LogP contribution is 2.43. The Hall–Kier alpha value is -2.84. The first-order chi connectivity index (χ1) is 43.5. The second-order valence-corrected chi connectivity index (χ2v) is 28.1. The summed E-state index contributed by atoms with van der Waals surface area (Å²) in [6.07, 6.45) is 102. The molecule has 9 heteroatoms. The van der Waals surface area contributed by atoms with Crippen LogP contribution in [0.25, 0.3) is 0 Å². The van der Waals surface area contributed by atoms with Gasteiger partial charge in [-0.2, -0.15) is 0 Å². The highest BCUT2D eigenvalue weighted by Gasteiger charge is 2.28. The molecule has 0 aliphatic carbocycles. The summed E-state index contributed by atoms with van der Waals surface area (Å²) in [5.74, 6) is -0.175. The number of carbonyl (C=O) groups is 1. The van der Waals surface area contributed by atoms with E-state index >= 15 is 0 Å². The second kappa shape index (κ2) is 69.5. The monoisotopic (exact) mass is 1260 g/mol. The lowest BCUT2D eigenvalue weighted by Gasteiger charge is -2.25. The first kappa shape index (κ1) is 86.2. The Kier molecular flexibility index (Phi) is 67.3. The van der Waals surface area contributed by atoms with Crippen molar-refractivity contribution in [3.05, 3.63) is 109 Å². The Bertz CT molecular complexity index is 1820. The zero-order valence-corrected chi connectivity index (χ0v) is 60.0. The zero-order chi connectivity index (χ0) is 64.8. The standard InChI is InChI=1S/C80H145N2O6P/c1-6-8-10-12-14-16-18-20-22-24-26-28-30-32-34-35-36-37-38-39-40-41-42-43-44-45-46-47-48-50-52-54-56-58-60-62-64-66-68-70-72-74-80(84)81-78(77-88-89(85,86)87-76-75-82(3,4)5)79(83)73-71-69-67-65-63-61-59-57-55-53-51-49-33-31-29-27-25-23-21-19-17-15-13-11-9-7-2/h8,10,14,16,20,22,26,28,32,34,36-37,39-40,42-43,71,73,78-79,83H,6-7,9,11-13,15,17-19,21,23-25,27,29-31,33,35,38,41,44-70,72,74-77H2,1-5H3,(H-,81,84,85,86)/p+1/b10-8-,16-14-,22-20-,28-26-,34-32-,37-36-,40-39-,43-42-,73-71+. The topological polar surface area (TPSA) is 105 Å². The van der Waals surface area contributed by atoms with Crippen LogP contribution in [-0.4, -0.2) is 73.4 Å². The van der Waals surface area contributed by atoms with E-state index in [1.807, 2.05) is 27.2 Å². The van der Waals surface area contributed by atoms with E-state index in [0.717, 1.165) is 89.9 Å². The summed E-state index contributed by atoms with van der Waals surface area (Å²) in [5.41, 5.74) is 0. The number of hydrogen-bond acceptors (Lipinski definition) is 5. The van der Waals surface area contributed by atoms with E-state index in [4.69, 9.17) is 9.05 Å². The van der Waals surface area contributed by atoms with E-state index in [0.29, 0.717) is 17.4 Å². The number of phosphoric ester groups is 1. The molecule has 3 atom stereocenters. The molecule has 0 radical (unpaired) electrons. The van der Waals surface area contributed by atoms with Gasteiger partial charge < -0.3 is 19.8 Å². The van der Waals surface area contributed by atoms with E-state index < -0.39 is 20.0 Å². The van der Waals surface area contributed by atoms with Crippen LogP contribution in [0.15, 0.2) is 109 Å². The summed E-state index contributed by atoms with van der Waals surface area (Å²) < 4.78 is 23.9. The number of quaternary nitrogens is 1. The van der Waals surface area contributed by atoms with Gasteiger partial charge in [-0.05, 0) is 83.5 Å². The Morgan fingerprint density at radius 3 is 0.989 bits per heavy atom. The lowest BCUT2D eigenvalue weighted by Crippen LogP contribution is -2.45. The fourth-order valence-electron chi connectivity index (χ4n) is 10.9. The van der Waals surface area contributed by atoms with Gasteiger partial charge in [0.05, 0.1) is 39.9 Å². The number of phosphoric acid groups is 1. The van der Waals surface area contributed by atoms with E-state index in [2.05, 4.69) is 116 Å². The van der Waals surface area contributed by atoms with Crippen molar-refractivity contribution in [1.82, 2.24) is 5.32 Å². The van der Waals surface area contributed by atoms with Gasteiger partial charge in [0.1, 0.15) is 13.2 Å². The maximum absolute atomic E-state index is 13.1. The first-order valence-corrected chi connectivity index (χ1v) is 39.3. The van der Waals surface area contributed by atoms with E-state index in [1.54, 1.807) is 6.08 Å². The van der Waals surface area contributed by atoms with Gasteiger partial charge in [-0.25, -0.2) is 4.57 Å². The molecule has 8 nitrogen and oxygen atoms in total. The first-order valence-electron chi connectivity index (χ1n) is 37.8. The predicted octanol–water partition coefficient (Wildman–Crippen LogP) is 24.6. The van der Waals surface area contributed by atoms with Crippen LogP contribution in [0.1, 0.15) is 341 Å². The molecule has 0 aromatic rings. The van der Waals surface area contributed by atoms with Crippen LogP contribution in [0.3, 0.4) is 0 Å². The van der Waals surface area contributed by atoms with Gasteiger partial charge in [0.25, 0.3) is 0 Å². The summed E-state index contributed by atoms with van der Waals surface area (Å²) >= 11 is 0. The smallest absolute Gasteiger partial charge is 0.387 e. The molecule has 0 saturated heterocycles. The summed E-state index contributed by atoms with van der Waals surface area (Å²) in [5, 5.41) is 14.0. The average molecular weight is 1260 g/mol. The number of allylic oxidation sites excluding steroid dienone is 17. The number of aliphatic hydroxyl groups is 1. The molecule has 0 heterocycles. The van der Waals surface area contributed by atoms with Crippen LogP contribution in [0.2, 0.25) is 0 Å². The van der Waals surface area contributed by atoms with Gasteiger partial charge >= 0.3 is 7.82 Å². The molecule has 1 amide bonds. The Labute approximate surface area is 552 Å². The van der Waals surface area contributed by atoms with Crippen molar-refractivity contribution in [1.29, 1.82) is 0 Å². The van der Waals surface area contributed by atoms with Crippen molar-refractivity contribution in [2.24, 2.45) is 0 Å². The molecule has 3 unspecified atom stereocenters. The number of nitrogens with zero attached hydrogens (tertiary/aromatic N) is 1. The molecule has 0 aliphatic heterocycles. The van der Waals surface area contributed by atoms with E-state index in [-0.39, 0.29) is 19.1 Å². The molecule has 0 spiro atoms. The van der Waals surface area contributed by atoms with Crippen molar-refractivity contribution in [3.63, 3.8) is 0 Å². The van der Waals surface area contributed by atoms with Crippen molar-refractivity contribution >= 4 is 13.7 Å². The Morgan fingerprint density at radius 2 is 0.674 bits per heavy atom. The molecular weight excluding hydrogens is 1120 g/mol. The molecule has 89 heavy (non-hydrogen) atoms. The molecule has 0 aliphatic rings.